The first-order valence-corrected chi connectivity index (χ1v) is 17.3. The molecule has 1 saturated heterocycles. The topological polar surface area (TPSA) is 108 Å². The number of sulfonamides is 1. The van der Waals surface area contributed by atoms with Crippen LogP contribution in [0.25, 0.3) is 10.2 Å². The molecule has 0 spiro atoms. The first-order valence-electron chi connectivity index (χ1n) is 13.2. The number of hydrogen-bond donors (Lipinski definition) is 0. The van der Waals surface area contributed by atoms with Gasteiger partial charge in [0.15, 0.2) is 15.0 Å². The van der Waals surface area contributed by atoms with Gasteiger partial charge in [-0.1, -0.05) is 32.1 Å². The Kier molecular flexibility index (Phi) is 9.12. The minimum Gasteiger partial charge on any atom is -0.302 e. The average molecular weight is 593 g/mol. The van der Waals surface area contributed by atoms with Crippen molar-refractivity contribution in [3.05, 3.63) is 48.0 Å². The Balaban J connectivity index is 1.64. The highest BCUT2D eigenvalue weighted by Crippen LogP contribution is 2.32. The summed E-state index contributed by atoms with van der Waals surface area (Å²) in [6.07, 6.45) is 3.02. The Bertz CT molecular complexity index is 1530. The van der Waals surface area contributed by atoms with Crippen molar-refractivity contribution in [3.63, 3.8) is 0 Å². The normalized spacial score (nSPS) is 17.1. The zero-order chi connectivity index (χ0) is 28.4. The van der Waals surface area contributed by atoms with E-state index in [0.29, 0.717) is 53.0 Å². The monoisotopic (exact) mass is 592 g/mol. The van der Waals surface area contributed by atoms with Gasteiger partial charge < -0.3 is 4.90 Å². The molecular formula is C27H36N4O5S3. The van der Waals surface area contributed by atoms with Gasteiger partial charge in [0.1, 0.15) is 0 Å². The summed E-state index contributed by atoms with van der Waals surface area (Å²) in [4.78, 5) is 22.6. The quantitative estimate of drug-likeness (QED) is 0.349. The number of anilines is 1. The van der Waals surface area contributed by atoms with E-state index in [9.17, 15) is 21.6 Å². The molecule has 1 fully saturated rings. The van der Waals surface area contributed by atoms with Gasteiger partial charge in [-0.05, 0) is 74.3 Å². The van der Waals surface area contributed by atoms with Crippen LogP contribution in [0.5, 0.6) is 0 Å². The number of benzene rings is 2. The number of amides is 1. The molecule has 2 aromatic carbocycles. The standard InChI is InChI=1S/C27H36N4O5S3/c1-5-29(6-2)16-17-31(27-28-24-14-13-23(38(4,33)34)18-25(24)37-27)26(32)21-9-11-22(12-10-21)39(35,36)30-15-7-8-20(3)19-30/h9-14,18,20H,5-8,15-17,19H2,1-4H3. The maximum Gasteiger partial charge on any atom is 0.260 e. The molecule has 1 aromatic heterocycles. The smallest absolute Gasteiger partial charge is 0.260 e. The number of sulfone groups is 1. The van der Waals surface area contributed by atoms with Gasteiger partial charge in [0.05, 0.1) is 20.0 Å². The molecule has 1 amide bonds. The van der Waals surface area contributed by atoms with E-state index in [-0.39, 0.29) is 15.7 Å². The van der Waals surface area contributed by atoms with Gasteiger partial charge in [-0.2, -0.15) is 4.31 Å². The summed E-state index contributed by atoms with van der Waals surface area (Å²) in [6.45, 7) is 9.85. The van der Waals surface area contributed by atoms with Crippen LogP contribution in [0.2, 0.25) is 0 Å². The molecule has 12 heteroatoms. The van der Waals surface area contributed by atoms with E-state index in [0.717, 1.165) is 32.2 Å². The maximum absolute atomic E-state index is 13.8. The Morgan fingerprint density at radius 3 is 2.31 bits per heavy atom. The van der Waals surface area contributed by atoms with Gasteiger partial charge in [0.25, 0.3) is 5.91 Å². The highest BCUT2D eigenvalue weighted by molar-refractivity contribution is 7.90. The number of hydrogen-bond acceptors (Lipinski definition) is 8. The van der Waals surface area contributed by atoms with Crippen LogP contribution >= 0.6 is 11.3 Å². The zero-order valence-electron chi connectivity index (χ0n) is 22.8. The third-order valence-electron chi connectivity index (χ3n) is 7.15. The Hall–Kier alpha value is -2.38. The number of nitrogens with zero attached hydrogens (tertiary/aromatic N) is 4. The van der Waals surface area contributed by atoms with Gasteiger partial charge in [-0.25, -0.2) is 21.8 Å². The van der Waals surface area contributed by atoms with Crippen molar-refractivity contribution in [2.24, 2.45) is 5.92 Å². The Morgan fingerprint density at radius 1 is 1.03 bits per heavy atom. The summed E-state index contributed by atoms with van der Waals surface area (Å²) in [7, 11) is -7.01. The lowest BCUT2D eigenvalue weighted by molar-refractivity contribution is 0.0983. The number of fused-ring (bicyclic) bond motifs is 1. The number of carbonyl (C=O) groups is 1. The summed E-state index contributed by atoms with van der Waals surface area (Å²) < 4.78 is 52.6. The van der Waals surface area contributed by atoms with Crippen LogP contribution < -0.4 is 4.90 Å². The second-order valence-corrected chi connectivity index (χ2v) is 15.0. The van der Waals surface area contributed by atoms with E-state index >= 15 is 0 Å². The summed E-state index contributed by atoms with van der Waals surface area (Å²) in [5, 5.41) is 0.465. The van der Waals surface area contributed by atoms with E-state index in [1.54, 1.807) is 29.2 Å². The van der Waals surface area contributed by atoms with Gasteiger partial charge in [0.2, 0.25) is 10.0 Å². The average Bonchev–Trinajstić information content (AvgIpc) is 3.33. The molecule has 39 heavy (non-hydrogen) atoms. The first kappa shape index (κ1) is 29.6. The molecule has 0 N–H and O–H groups in total. The summed E-state index contributed by atoms with van der Waals surface area (Å²) >= 11 is 1.26. The molecule has 1 aliphatic rings. The van der Waals surface area contributed by atoms with E-state index < -0.39 is 19.9 Å². The van der Waals surface area contributed by atoms with E-state index in [1.807, 2.05) is 0 Å². The van der Waals surface area contributed by atoms with Crippen LogP contribution in [0.15, 0.2) is 52.3 Å². The summed E-state index contributed by atoms with van der Waals surface area (Å²) in [5.41, 5.74) is 0.969. The summed E-state index contributed by atoms with van der Waals surface area (Å²) in [5.74, 6) is 0.0242. The molecular weight excluding hydrogens is 557 g/mol. The molecule has 0 radical (unpaired) electrons. The van der Waals surface area contributed by atoms with Crippen molar-refractivity contribution in [2.45, 2.75) is 43.4 Å². The van der Waals surface area contributed by atoms with E-state index in [1.165, 1.54) is 33.8 Å². The number of thiazole rings is 1. The first-order chi connectivity index (χ1) is 18.4. The Labute approximate surface area is 235 Å². The molecule has 3 aromatic rings. The molecule has 1 unspecified atom stereocenters. The number of likely N-dealkylation sites (N-methyl/N-ethyl adjacent to an activating group) is 1. The summed E-state index contributed by atoms with van der Waals surface area (Å²) in [6, 6.07) is 10.9. The van der Waals surface area contributed by atoms with Gasteiger partial charge in [-0.3, -0.25) is 9.69 Å². The minimum atomic E-state index is -3.63. The van der Waals surface area contributed by atoms with Crippen molar-refractivity contribution < 1.29 is 21.6 Å². The van der Waals surface area contributed by atoms with Crippen molar-refractivity contribution in [1.29, 1.82) is 0 Å². The lowest BCUT2D eigenvalue weighted by atomic mass is 10.0. The lowest BCUT2D eigenvalue weighted by Crippen LogP contribution is -2.39. The van der Waals surface area contributed by atoms with Crippen LogP contribution in [0.3, 0.4) is 0 Å². The molecule has 1 aliphatic heterocycles. The fraction of sp³-hybridized carbons (Fsp3) is 0.481. The largest absolute Gasteiger partial charge is 0.302 e. The van der Waals surface area contributed by atoms with Crippen LogP contribution in [-0.4, -0.2) is 82.5 Å². The molecule has 0 saturated carbocycles. The van der Waals surface area contributed by atoms with Gasteiger partial charge >= 0.3 is 0 Å². The maximum atomic E-state index is 13.8. The van der Waals surface area contributed by atoms with Crippen LogP contribution in [-0.2, 0) is 19.9 Å². The highest BCUT2D eigenvalue weighted by atomic mass is 32.2. The molecule has 212 valence electrons. The van der Waals surface area contributed by atoms with E-state index in [4.69, 9.17) is 0 Å². The lowest BCUT2D eigenvalue weighted by Gasteiger charge is -2.30. The molecule has 2 heterocycles. The second-order valence-electron chi connectivity index (χ2n) is 10.0. The zero-order valence-corrected chi connectivity index (χ0v) is 25.3. The number of aromatic nitrogens is 1. The molecule has 9 nitrogen and oxygen atoms in total. The van der Waals surface area contributed by atoms with Crippen molar-refractivity contribution in [3.8, 4) is 0 Å². The number of carbonyl (C=O) groups excluding carboxylic acids is 1. The van der Waals surface area contributed by atoms with Crippen molar-refractivity contribution in [1.82, 2.24) is 14.2 Å². The second kappa shape index (κ2) is 12.0. The number of piperidine rings is 1. The Morgan fingerprint density at radius 2 is 1.69 bits per heavy atom. The van der Waals surface area contributed by atoms with Gasteiger partial charge in [-0.15, -0.1) is 0 Å². The van der Waals surface area contributed by atoms with Crippen LogP contribution in [0.1, 0.15) is 44.0 Å². The minimum absolute atomic E-state index is 0.177. The van der Waals surface area contributed by atoms with E-state index in [2.05, 4.69) is 30.7 Å². The predicted octanol–water partition coefficient (Wildman–Crippen LogP) is 4.11. The predicted molar refractivity (Wildman–Crippen MR) is 156 cm³/mol. The fourth-order valence-corrected chi connectivity index (χ4v) is 8.09. The third kappa shape index (κ3) is 6.68. The van der Waals surface area contributed by atoms with Crippen molar-refractivity contribution in [2.75, 3.05) is 50.4 Å². The fourth-order valence-electron chi connectivity index (χ4n) is 4.74. The molecule has 0 bridgehead atoms. The number of rotatable bonds is 10. The molecule has 4 rings (SSSR count). The molecule has 0 aliphatic carbocycles. The SMILES string of the molecule is CCN(CC)CCN(C(=O)c1ccc(S(=O)(=O)N2CCCC(C)C2)cc1)c1nc2ccc(S(C)(=O)=O)cc2s1. The van der Waals surface area contributed by atoms with Crippen molar-refractivity contribution >= 4 is 52.5 Å². The van der Waals surface area contributed by atoms with Crippen LogP contribution in [0.4, 0.5) is 5.13 Å². The highest BCUT2D eigenvalue weighted by Gasteiger charge is 2.29. The third-order valence-corrected chi connectivity index (χ3v) is 11.2. The van der Waals surface area contributed by atoms with Crippen LogP contribution in [0, 0.1) is 5.92 Å². The van der Waals surface area contributed by atoms with Gasteiger partial charge in [0, 0.05) is 38.0 Å². The molecule has 1 atom stereocenters.